The zero-order valence-electron chi connectivity index (χ0n) is 16.8. The number of aryl methyl sites for hydroxylation is 1. The molecule has 1 aliphatic carbocycles. The molecule has 6 heteroatoms. The Labute approximate surface area is 160 Å². The van der Waals surface area contributed by atoms with E-state index in [0.717, 1.165) is 49.2 Å². The minimum absolute atomic E-state index is 0.111. The molecule has 1 aromatic rings. The van der Waals surface area contributed by atoms with Crippen molar-refractivity contribution in [3.05, 3.63) is 23.1 Å². The number of amides is 1. The molecule has 27 heavy (non-hydrogen) atoms. The molecule has 2 saturated heterocycles. The smallest absolute Gasteiger partial charge is 0.410 e. The predicted octanol–water partition coefficient (Wildman–Crippen LogP) is 3.93. The first-order chi connectivity index (χ1) is 12.7. The molecule has 4 rings (SSSR count). The van der Waals surface area contributed by atoms with Gasteiger partial charge in [-0.1, -0.05) is 6.92 Å². The molecule has 2 aliphatic heterocycles. The second-order valence-electron chi connectivity index (χ2n) is 9.41. The SMILES string of the molecule is CC1CCc2nc(N3CC4CCC(C3)N4C(=O)OC(C)(C)C)cc(F)c2C1. The lowest BCUT2D eigenvalue weighted by Gasteiger charge is -2.42. The van der Waals surface area contributed by atoms with E-state index in [1.54, 1.807) is 6.07 Å². The topological polar surface area (TPSA) is 45.7 Å². The molecule has 3 unspecified atom stereocenters. The summed E-state index contributed by atoms with van der Waals surface area (Å²) < 4.78 is 20.3. The highest BCUT2D eigenvalue weighted by molar-refractivity contribution is 5.70. The van der Waals surface area contributed by atoms with E-state index >= 15 is 0 Å². The number of rotatable bonds is 1. The van der Waals surface area contributed by atoms with Crippen molar-refractivity contribution in [1.82, 2.24) is 9.88 Å². The summed E-state index contributed by atoms with van der Waals surface area (Å²) in [7, 11) is 0. The molecule has 0 spiro atoms. The summed E-state index contributed by atoms with van der Waals surface area (Å²) in [4.78, 5) is 21.5. The fourth-order valence-electron chi connectivity index (χ4n) is 4.70. The molecule has 1 amide bonds. The molecule has 3 atom stereocenters. The number of ether oxygens (including phenoxy) is 1. The van der Waals surface area contributed by atoms with Crippen LogP contribution >= 0.6 is 0 Å². The summed E-state index contributed by atoms with van der Waals surface area (Å²) >= 11 is 0. The molecule has 2 fully saturated rings. The molecule has 2 bridgehead atoms. The maximum absolute atomic E-state index is 14.7. The number of nitrogens with zero attached hydrogens (tertiary/aromatic N) is 3. The fourth-order valence-corrected chi connectivity index (χ4v) is 4.70. The maximum atomic E-state index is 14.7. The first-order valence-corrected chi connectivity index (χ1v) is 10.2. The van der Waals surface area contributed by atoms with Gasteiger partial charge >= 0.3 is 6.09 Å². The van der Waals surface area contributed by atoms with Crippen LogP contribution in [0.5, 0.6) is 0 Å². The molecule has 148 valence electrons. The van der Waals surface area contributed by atoms with Crippen LogP contribution in [0.3, 0.4) is 0 Å². The molecule has 3 heterocycles. The van der Waals surface area contributed by atoms with Crippen molar-refractivity contribution in [3.63, 3.8) is 0 Å². The summed E-state index contributed by atoms with van der Waals surface area (Å²) in [6.45, 7) is 9.23. The molecule has 0 saturated carbocycles. The van der Waals surface area contributed by atoms with Gasteiger partial charge in [0.25, 0.3) is 0 Å². The van der Waals surface area contributed by atoms with Crippen LogP contribution in [0.4, 0.5) is 15.0 Å². The number of halogens is 1. The van der Waals surface area contributed by atoms with Crippen molar-refractivity contribution in [2.24, 2.45) is 5.92 Å². The lowest BCUT2D eigenvalue weighted by molar-refractivity contribution is 0.0122. The molecule has 0 radical (unpaired) electrons. The second kappa shape index (κ2) is 6.64. The van der Waals surface area contributed by atoms with Gasteiger partial charge in [-0.25, -0.2) is 14.2 Å². The van der Waals surface area contributed by atoms with Gasteiger partial charge in [0.05, 0.1) is 12.1 Å². The average Bonchev–Trinajstić information content (AvgIpc) is 2.84. The third-order valence-corrected chi connectivity index (χ3v) is 5.98. The summed E-state index contributed by atoms with van der Waals surface area (Å²) in [5, 5.41) is 0. The summed E-state index contributed by atoms with van der Waals surface area (Å²) in [6, 6.07) is 1.82. The highest BCUT2D eigenvalue weighted by atomic mass is 19.1. The number of carbonyl (C=O) groups excluding carboxylic acids is 1. The molecular formula is C21H30FN3O2. The number of anilines is 1. The third kappa shape index (κ3) is 3.63. The lowest BCUT2D eigenvalue weighted by Crippen LogP contribution is -2.57. The van der Waals surface area contributed by atoms with E-state index in [9.17, 15) is 9.18 Å². The van der Waals surface area contributed by atoms with Gasteiger partial charge in [0.15, 0.2) is 0 Å². The van der Waals surface area contributed by atoms with Gasteiger partial charge in [-0.2, -0.15) is 0 Å². The van der Waals surface area contributed by atoms with Crippen LogP contribution in [-0.4, -0.2) is 46.8 Å². The van der Waals surface area contributed by atoms with E-state index in [2.05, 4.69) is 11.8 Å². The molecule has 1 aromatic heterocycles. The predicted molar refractivity (Wildman–Crippen MR) is 102 cm³/mol. The van der Waals surface area contributed by atoms with Crippen molar-refractivity contribution in [1.29, 1.82) is 0 Å². The van der Waals surface area contributed by atoms with Crippen LogP contribution < -0.4 is 4.90 Å². The van der Waals surface area contributed by atoms with E-state index in [-0.39, 0.29) is 24.0 Å². The average molecular weight is 375 g/mol. The Morgan fingerprint density at radius 1 is 1.22 bits per heavy atom. The Morgan fingerprint density at radius 2 is 1.89 bits per heavy atom. The van der Waals surface area contributed by atoms with Crippen LogP contribution in [0.15, 0.2) is 6.07 Å². The Hall–Kier alpha value is -1.85. The minimum Gasteiger partial charge on any atom is -0.444 e. The van der Waals surface area contributed by atoms with Crippen molar-refractivity contribution in [3.8, 4) is 0 Å². The lowest BCUT2D eigenvalue weighted by atomic mass is 9.87. The van der Waals surface area contributed by atoms with Crippen molar-refractivity contribution < 1.29 is 13.9 Å². The first kappa shape index (κ1) is 18.5. The largest absolute Gasteiger partial charge is 0.444 e. The highest BCUT2D eigenvalue weighted by Gasteiger charge is 2.44. The van der Waals surface area contributed by atoms with E-state index in [1.807, 2.05) is 25.7 Å². The van der Waals surface area contributed by atoms with Crippen LogP contribution in [0.1, 0.15) is 58.2 Å². The molecule has 5 nitrogen and oxygen atoms in total. The normalized spacial score (nSPS) is 27.5. The Morgan fingerprint density at radius 3 is 2.52 bits per heavy atom. The summed E-state index contributed by atoms with van der Waals surface area (Å²) in [6.07, 6.45) is 4.41. The number of fused-ring (bicyclic) bond motifs is 3. The van der Waals surface area contributed by atoms with E-state index < -0.39 is 5.60 Å². The fraction of sp³-hybridized carbons (Fsp3) is 0.714. The zero-order chi connectivity index (χ0) is 19.3. The van der Waals surface area contributed by atoms with E-state index in [4.69, 9.17) is 9.72 Å². The monoisotopic (exact) mass is 375 g/mol. The minimum atomic E-state index is -0.492. The Bertz CT molecular complexity index is 732. The van der Waals surface area contributed by atoms with Crippen molar-refractivity contribution in [2.75, 3.05) is 18.0 Å². The number of hydrogen-bond donors (Lipinski definition) is 0. The van der Waals surface area contributed by atoms with Crippen LogP contribution in [-0.2, 0) is 17.6 Å². The number of aromatic nitrogens is 1. The van der Waals surface area contributed by atoms with Gasteiger partial charge < -0.3 is 9.64 Å². The van der Waals surface area contributed by atoms with E-state index in [0.29, 0.717) is 19.0 Å². The van der Waals surface area contributed by atoms with Crippen LogP contribution in [0, 0.1) is 11.7 Å². The van der Waals surface area contributed by atoms with Gasteiger partial charge in [0.2, 0.25) is 0 Å². The Balaban J connectivity index is 1.52. The van der Waals surface area contributed by atoms with Crippen molar-refractivity contribution in [2.45, 2.75) is 77.5 Å². The quantitative estimate of drug-likeness (QED) is 0.746. The van der Waals surface area contributed by atoms with Gasteiger partial charge in [0.1, 0.15) is 17.2 Å². The number of pyridine rings is 1. The molecule has 0 aromatic carbocycles. The highest BCUT2D eigenvalue weighted by Crippen LogP contribution is 2.35. The third-order valence-electron chi connectivity index (χ3n) is 5.98. The molecular weight excluding hydrogens is 345 g/mol. The standard InChI is InChI=1S/C21H30FN3O2/c1-13-5-8-18-16(9-13)17(22)10-19(23-18)24-11-14-6-7-15(12-24)25(14)20(26)27-21(2,3)4/h10,13-15H,5-9,11-12H2,1-4H3. The molecule has 0 N–H and O–H groups in total. The summed E-state index contributed by atoms with van der Waals surface area (Å²) in [5.41, 5.74) is 1.23. The molecule has 3 aliphatic rings. The Kier molecular flexibility index (Phi) is 4.55. The van der Waals surface area contributed by atoms with Crippen molar-refractivity contribution >= 4 is 11.9 Å². The number of hydrogen-bond acceptors (Lipinski definition) is 4. The van der Waals surface area contributed by atoms with Gasteiger partial charge in [-0.05, 0) is 58.8 Å². The van der Waals surface area contributed by atoms with Gasteiger partial charge in [-0.3, -0.25) is 4.90 Å². The van der Waals surface area contributed by atoms with Gasteiger partial charge in [-0.15, -0.1) is 0 Å². The zero-order valence-corrected chi connectivity index (χ0v) is 16.8. The summed E-state index contributed by atoms with van der Waals surface area (Å²) in [5.74, 6) is 1.12. The second-order valence-corrected chi connectivity index (χ2v) is 9.41. The van der Waals surface area contributed by atoms with Crippen LogP contribution in [0.25, 0.3) is 0 Å². The number of carbonyl (C=O) groups is 1. The van der Waals surface area contributed by atoms with Gasteiger partial charge in [0, 0.05) is 30.4 Å². The first-order valence-electron chi connectivity index (χ1n) is 10.2. The number of piperazine rings is 1. The maximum Gasteiger partial charge on any atom is 0.410 e. The van der Waals surface area contributed by atoms with Crippen LogP contribution in [0.2, 0.25) is 0 Å². The van der Waals surface area contributed by atoms with E-state index in [1.165, 1.54) is 0 Å².